The van der Waals surface area contributed by atoms with Gasteiger partial charge in [-0.25, -0.2) is 0 Å². The van der Waals surface area contributed by atoms with Crippen LogP contribution in [0.4, 0.5) is 0 Å². The zero-order valence-corrected chi connectivity index (χ0v) is 12.1. The van der Waals surface area contributed by atoms with E-state index in [1.165, 1.54) is 5.56 Å². The van der Waals surface area contributed by atoms with Crippen LogP contribution in [-0.4, -0.2) is 23.7 Å². The summed E-state index contributed by atoms with van der Waals surface area (Å²) in [6.07, 6.45) is 1.02. The van der Waals surface area contributed by atoms with Crippen LogP contribution < -0.4 is 5.32 Å². The highest BCUT2D eigenvalue weighted by atomic mass is 16.3. The third kappa shape index (κ3) is 5.88. The summed E-state index contributed by atoms with van der Waals surface area (Å²) in [5.74, 6) is 0.247. The van der Waals surface area contributed by atoms with Crippen LogP contribution in [0, 0.1) is 11.8 Å². The maximum absolute atomic E-state index is 11.9. The lowest BCUT2D eigenvalue weighted by molar-refractivity contribution is -0.124. The molecule has 19 heavy (non-hydrogen) atoms. The zero-order chi connectivity index (χ0) is 14.3. The average molecular weight is 263 g/mol. The van der Waals surface area contributed by atoms with Crippen molar-refractivity contribution in [1.29, 1.82) is 0 Å². The molecule has 2 unspecified atom stereocenters. The molecule has 106 valence electrons. The molecule has 1 aromatic carbocycles. The van der Waals surface area contributed by atoms with Gasteiger partial charge in [0.15, 0.2) is 0 Å². The second-order valence-corrected chi connectivity index (χ2v) is 5.48. The van der Waals surface area contributed by atoms with Gasteiger partial charge in [-0.15, -0.1) is 0 Å². The van der Waals surface area contributed by atoms with E-state index in [1.807, 2.05) is 51.1 Å². The van der Waals surface area contributed by atoms with Crippen LogP contribution in [0.25, 0.3) is 0 Å². The van der Waals surface area contributed by atoms with Crippen molar-refractivity contribution in [2.24, 2.45) is 11.8 Å². The number of benzene rings is 1. The Morgan fingerprint density at radius 3 is 2.42 bits per heavy atom. The third-order valence-corrected chi connectivity index (χ3v) is 3.34. The lowest BCUT2D eigenvalue weighted by Gasteiger charge is -2.16. The predicted octanol–water partition coefficient (Wildman–Crippen LogP) is 2.39. The first-order valence-electron chi connectivity index (χ1n) is 7.00. The molecule has 2 N–H and O–H groups in total. The van der Waals surface area contributed by atoms with E-state index in [0.29, 0.717) is 13.0 Å². The van der Waals surface area contributed by atoms with Crippen LogP contribution in [0.2, 0.25) is 0 Å². The van der Waals surface area contributed by atoms with Crippen LogP contribution in [0.3, 0.4) is 0 Å². The normalized spacial score (nSPS) is 14.2. The molecule has 1 rings (SSSR count). The van der Waals surface area contributed by atoms with Crippen molar-refractivity contribution in [3.8, 4) is 0 Å². The van der Waals surface area contributed by atoms with Crippen molar-refractivity contribution >= 4 is 5.91 Å². The van der Waals surface area contributed by atoms with Gasteiger partial charge in [-0.05, 0) is 24.3 Å². The summed E-state index contributed by atoms with van der Waals surface area (Å²) in [5.41, 5.74) is 1.17. The molecule has 0 aliphatic heterocycles. The minimum absolute atomic E-state index is 0.0430. The van der Waals surface area contributed by atoms with Gasteiger partial charge in [0, 0.05) is 12.5 Å². The summed E-state index contributed by atoms with van der Waals surface area (Å²) < 4.78 is 0. The minimum Gasteiger partial charge on any atom is -0.393 e. The molecule has 0 fully saturated rings. The van der Waals surface area contributed by atoms with Gasteiger partial charge in [0.25, 0.3) is 0 Å². The Kier molecular flexibility index (Phi) is 6.57. The Labute approximate surface area is 116 Å². The van der Waals surface area contributed by atoms with Gasteiger partial charge in [-0.2, -0.15) is 0 Å². The summed E-state index contributed by atoms with van der Waals surface area (Å²) in [6, 6.07) is 10.0. The van der Waals surface area contributed by atoms with E-state index in [4.69, 9.17) is 0 Å². The number of hydrogen-bond acceptors (Lipinski definition) is 2. The van der Waals surface area contributed by atoms with Crippen molar-refractivity contribution in [3.63, 3.8) is 0 Å². The lowest BCUT2D eigenvalue weighted by Crippen LogP contribution is -2.33. The van der Waals surface area contributed by atoms with E-state index in [2.05, 4.69) is 5.32 Å². The molecule has 0 aliphatic carbocycles. The van der Waals surface area contributed by atoms with Gasteiger partial charge < -0.3 is 10.4 Å². The quantitative estimate of drug-likeness (QED) is 0.793. The second-order valence-electron chi connectivity index (χ2n) is 5.48. The molecule has 0 spiro atoms. The van der Waals surface area contributed by atoms with Crippen molar-refractivity contribution in [2.75, 3.05) is 6.54 Å². The molecule has 0 aromatic heterocycles. The van der Waals surface area contributed by atoms with Crippen molar-refractivity contribution in [3.05, 3.63) is 35.9 Å². The molecule has 0 bridgehead atoms. The van der Waals surface area contributed by atoms with E-state index >= 15 is 0 Å². The fourth-order valence-corrected chi connectivity index (χ4v) is 1.91. The minimum atomic E-state index is -0.343. The summed E-state index contributed by atoms with van der Waals surface area (Å²) in [4.78, 5) is 11.9. The van der Waals surface area contributed by atoms with E-state index in [0.717, 1.165) is 6.42 Å². The molecular weight excluding hydrogens is 238 g/mol. The topological polar surface area (TPSA) is 49.3 Å². The van der Waals surface area contributed by atoms with Gasteiger partial charge in [0.2, 0.25) is 5.91 Å². The largest absolute Gasteiger partial charge is 0.393 e. The molecular formula is C16H25NO2. The SMILES string of the molecule is CC(Cc1ccccc1)C(=O)NCCC(O)C(C)C. The zero-order valence-electron chi connectivity index (χ0n) is 12.1. The maximum atomic E-state index is 11.9. The molecule has 0 radical (unpaired) electrons. The van der Waals surface area contributed by atoms with Crippen molar-refractivity contribution < 1.29 is 9.90 Å². The van der Waals surface area contributed by atoms with Crippen LogP contribution >= 0.6 is 0 Å². The van der Waals surface area contributed by atoms with Crippen LogP contribution in [0.15, 0.2) is 30.3 Å². The van der Waals surface area contributed by atoms with E-state index in [-0.39, 0.29) is 23.8 Å². The summed E-state index contributed by atoms with van der Waals surface area (Å²) in [5, 5.41) is 12.6. The molecule has 3 heteroatoms. The third-order valence-electron chi connectivity index (χ3n) is 3.34. The van der Waals surface area contributed by atoms with Crippen LogP contribution in [-0.2, 0) is 11.2 Å². The highest BCUT2D eigenvalue weighted by molar-refractivity contribution is 5.78. The molecule has 1 amide bonds. The van der Waals surface area contributed by atoms with Gasteiger partial charge >= 0.3 is 0 Å². The number of carbonyl (C=O) groups excluding carboxylic acids is 1. The molecule has 0 aliphatic rings. The number of aliphatic hydroxyl groups excluding tert-OH is 1. The molecule has 0 heterocycles. The Morgan fingerprint density at radius 1 is 1.21 bits per heavy atom. The van der Waals surface area contributed by atoms with Crippen LogP contribution in [0.5, 0.6) is 0 Å². The smallest absolute Gasteiger partial charge is 0.223 e. The second kappa shape index (κ2) is 7.95. The molecule has 0 saturated heterocycles. The Hall–Kier alpha value is -1.35. The van der Waals surface area contributed by atoms with Gasteiger partial charge in [-0.3, -0.25) is 4.79 Å². The standard InChI is InChI=1S/C16H25NO2/c1-12(2)15(18)9-10-17-16(19)13(3)11-14-7-5-4-6-8-14/h4-8,12-13,15,18H,9-11H2,1-3H3,(H,17,19). The molecule has 3 nitrogen and oxygen atoms in total. The number of amides is 1. The fourth-order valence-electron chi connectivity index (χ4n) is 1.91. The number of carbonyl (C=O) groups is 1. The lowest BCUT2D eigenvalue weighted by atomic mass is 10.00. The number of aliphatic hydroxyl groups is 1. The molecule has 0 saturated carbocycles. The summed E-state index contributed by atoms with van der Waals surface area (Å²) in [7, 11) is 0. The van der Waals surface area contributed by atoms with Crippen molar-refractivity contribution in [1.82, 2.24) is 5.32 Å². The Balaban J connectivity index is 2.29. The van der Waals surface area contributed by atoms with E-state index in [1.54, 1.807) is 0 Å². The van der Waals surface area contributed by atoms with Gasteiger partial charge in [0.1, 0.15) is 0 Å². The van der Waals surface area contributed by atoms with Gasteiger partial charge in [-0.1, -0.05) is 51.1 Å². The van der Waals surface area contributed by atoms with Crippen molar-refractivity contribution in [2.45, 2.75) is 39.7 Å². The predicted molar refractivity (Wildman–Crippen MR) is 77.8 cm³/mol. The Morgan fingerprint density at radius 2 is 1.84 bits per heavy atom. The highest BCUT2D eigenvalue weighted by Crippen LogP contribution is 2.09. The number of hydrogen-bond donors (Lipinski definition) is 2. The first-order chi connectivity index (χ1) is 9.00. The fraction of sp³-hybridized carbons (Fsp3) is 0.562. The van der Waals surface area contributed by atoms with Crippen LogP contribution in [0.1, 0.15) is 32.8 Å². The first-order valence-corrected chi connectivity index (χ1v) is 7.00. The monoisotopic (exact) mass is 263 g/mol. The molecule has 2 atom stereocenters. The first kappa shape index (κ1) is 15.7. The highest BCUT2D eigenvalue weighted by Gasteiger charge is 2.14. The number of rotatable bonds is 7. The molecule has 1 aromatic rings. The van der Waals surface area contributed by atoms with E-state index in [9.17, 15) is 9.90 Å². The average Bonchev–Trinajstić information content (AvgIpc) is 2.39. The summed E-state index contributed by atoms with van der Waals surface area (Å²) in [6.45, 7) is 6.42. The Bertz CT molecular complexity index is 376. The maximum Gasteiger partial charge on any atom is 0.223 e. The van der Waals surface area contributed by atoms with E-state index < -0.39 is 0 Å². The summed E-state index contributed by atoms with van der Waals surface area (Å²) >= 11 is 0. The number of nitrogens with one attached hydrogen (secondary N) is 1. The van der Waals surface area contributed by atoms with Gasteiger partial charge in [0.05, 0.1) is 6.10 Å².